The number of hydrogen-bond donors (Lipinski definition) is 2. The molecule has 0 aliphatic heterocycles. The summed E-state index contributed by atoms with van der Waals surface area (Å²) in [6.45, 7) is 4.06. The molecule has 0 radical (unpaired) electrons. The van der Waals surface area contributed by atoms with Crippen molar-refractivity contribution < 1.29 is 0 Å². The van der Waals surface area contributed by atoms with Gasteiger partial charge in [0.25, 0.3) is 0 Å². The monoisotopic (exact) mass is 338 g/mol. The van der Waals surface area contributed by atoms with Crippen LogP contribution in [0.4, 0.5) is 0 Å². The van der Waals surface area contributed by atoms with E-state index in [1.54, 1.807) is 0 Å². The van der Waals surface area contributed by atoms with Gasteiger partial charge in [0.2, 0.25) is 0 Å². The maximum atomic E-state index is 6.20. The highest BCUT2D eigenvalue weighted by molar-refractivity contribution is 9.10. The van der Waals surface area contributed by atoms with Gasteiger partial charge < -0.3 is 0 Å². The van der Waals surface area contributed by atoms with E-state index in [9.17, 15) is 0 Å². The lowest BCUT2D eigenvalue weighted by atomic mass is 9.95. The molecule has 0 aliphatic rings. The summed E-state index contributed by atoms with van der Waals surface area (Å²) < 4.78 is 1.03. The first-order valence-electron chi connectivity index (χ1n) is 6.01. The molecule has 0 aliphatic carbocycles. The first kappa shape index (κ1) is 14.5. The second kappa shape index (κ2) is 6.06. The summed E-state index contributed by atoms with van der Waals surface area (Å²) in [7, 11) is 0. The van der Waals surface area contributed by atoms with Gasteiger partial charge in [-0.15, -0.1) is 0 Å². The molecule has 19 heavy (non-hydrogen) atoms. The molecule has 0 fully saturated rings. The van der Waals surface area contributed by atoms with Gasteiger partial charge in [-0.3, -0.25) is 5.84 Å². The normalized spacial score (nSPS) is 12.5. The van der Waals surface area contributed by atoms with E-state index in [4.69, 9.17) is 17.4 Å². The van der Waals surface area contributed by atoms with Gasteiger partial charge in [-0.2, -0.15) is 0 Å². The number of aryl methyl sites for hydroxylation is 2. The Hall–Kier alpha value is -0.870. The maximum Gasteiger partial charge on any atom is 0.0713 e. The number of hydrazine groups is 1. The largest absolute Gasteiger partial charge is 0.271 e. The zero-order chi connectivity index (χ0) is 14.0. The van der Waals surface area contributed by atoms with E-state index in [0.717, 1.165) is 26.2 Å². The van der Waals surface area contributed by atoms with Gasteiger partial charge >= 0.3 is 0 Å². The smallest absolute Gasteiger partial charge is 0.0713 e. The van der Waals surface area contributed by atoms with Crippen molar-refractivity contribution in [3.8, 4) is 0 Å². The fourth-order valence-corrected chi connectivity index (χ4v) is 2.64. The number of nitrogens with two attached hydrogens (primary N) is 1. The van der Waals surface area contributed by atoms with Crippen LogP contribution < -0.4 is 11.3 Å². The molecule has 2 nitrogen and oxygen atoms in total. The Kier molecular flexibility index (Phi) is 4.63. The molecule has 1 atom stereocenters. The molecular formula is C15H16BrClN2. The zero-order valence-corrected chi connectivity index (χ0v) is 13.2. The van der Waals surface area contributed by atoms with E-state index in [-0.39, 0.29) is 6.04 Å². The van der Waals surface area contributed by atoms with Crippen molar-refractivity contribution in [2.45, 2.75) is 19.9 Å². The van der Waals surface area contributed by atoms with Crippen molar-refractivity contribution >= 4 is 27.5 Å². The molecule has 0 amide bonds. The number of halogens is 2. The van der Waals surface area contributed by atoms with Crippen LogP contribution in [0.15, 0.2) is 40.9 Å². The number of benzene rings is 2. The van der Waals surface area contributed by atoms with Crippen LogP contribution in [0.25, 0.3) is 0 Å². The first-order valence-corrected chi connectivity index (χ1v) is 7.18. The van der Waals surface area contributed by atoms with Crippen LogP contribution in [0.2, 0.25) is 5.02 Å². The number of nitrogens with one attached hydrogen (secondary N) is 1. The highest BCUT2D eigenvalue weighted by Gasteiger charge is 2.15. The molecular weight excluding hydrogens is 324 g/mol. The SMILES string of the molecule is Cc1ccc(C(NN)c2cc(Br)ccc2C)cc1Cl. The van der Waals surface area contributed by atoms with Gasteiger partial charge in [-0.25, -0.2) is 5.43 Å². The summed E-state index contributed by atoms with van der Waals surface area (Å²) >= 11 is 9.69. The lowest BCUT2D eigenvalue weighted by molar-refractivity contribution is 0.633. The van der Waals surface area contributed by atoms with Gasteiger partial charge in [0.15, 0.2) is 0 Å². The molecule has 2 aromatic rings. The third-order valence-corrected chi connectivity index (χ3v) is 4.15. The third-order valence-electron chi connectivity index (χ3n) is 3.25. The maximum absolute atomic E-state index is 6.20. The quantitative estimate of drug-likeness (QED) is 0.647. The van der Waals surface area contributed by atoms with Gasteiger partial charge in [0.05, 0.1) is 6.04 Å². The molecule has 3 N–H and O–H groups in total. The predicted molar refractivity (Wildman–Crippen MR) is 84.2 cm³/mol. The summed E-state index contributed by atoms with van der Waals surface area (Å²) in [6.07, 6.45) is 0. The van der Waals surface area contributed by atoms with Crippen molar-refractivity contribution in [3.63, 3.8) is 0 Å². The van der Waals surface area contributed by atoms with Crippen LogP contribution in [-0.2, 0) is 0 Å². The van der Waals surface area contributed by atoms with Crippen LogP contribution in [-0.4, -0.2) is 0 Å². The van der Waals surface area contributed by atoms with Crippen LogP contribution >= 0.6 is 27.5 Å². The Labute approximate surface area is 127 Å². The molecule has 2 rings (SSSR count). The number of rotatable bonds is 3. The summed E-state index contributed by atoms with van der Waals surface area (Å²) in [5.41, 5.74) is 7.31. The lowest BCUT2D eigenvalue weighted by Gasteiger charge is -2.20. The minimum absolute atomic E-state index is 0.0735. The van der Waals surface area contributed by atoms with E-state index in [1.165, 1.54) is 5.56 Å². The van der Waals surface area contributed by atoms with Crippen molar-refractivity contribution in [2.24, 2.45) is 5.84 Å². The van der Waals surface area contributed by atoms with Gasteiger partial charge in [-0.05, 0) is 54.3 Å². The average molecular weight is 340 g/mol. The van der Waals surface area contributed by atoms with E-state index in [1.807, 2.05) is 31.2 Å². The topological polar surface area (TPSA) is 38.0 Å². The van der Waals surface area contributed by atoms with Crippen LogP contribution in [0.5, 0.6) is 0 Å². The summed E-state index contributed by atoms with van der Waals surface area (Å²) in [5, 5.41) is 0.755. The molecule has 0 spiro atoms. The highest BCUT2D eigenvalue weighted by atomic mass is 79.9. The molecule has 0 bridgehead atoms. The Morgan fingerprint density at radius 1 is 1.11 bits per heavy atom. The Balaban J connectivity index is 2.49. The van der Waals surface area contributed by atoms with Crippen molar-refractivity contribution in [3.05, 3.63) is 68.1 Å². The molecule has 0 saturated carbocycles. The highest BCUT2D eigenvalue weighted by Crippen LogP contribution is 2.29. The Bertz CT molecular complexity index is 599. The first-order chi connectivity index (χ1) is 9.02. The molecule has 2 aromatic carbocycles. The molecule has 4 heteroatoms. The van der Waals surface area contributed by atoms with Crippen molar-refractivity contribution in [1.29, 1.82) is 0 Å². The van der Waals surface area contributed by atoms with Crippen LogP contribution in [0.3, 0.4) is 0 Å². The second-order valence-electron chi connectivity index (χ2n) is 4.61. The van der Waals surface area contributed by atoms with Gasteiger partial charge in [0.1, 0.15) is 0 Å². The fourth-order valence-electron chi connectivity index (χ4n) is 2.08. The molecule has 0 aromatic heterocycles. The van der Waals surface area contributed by atoms with Crippen molar-refractivity contribution in [1.82, 2.24) is 5.43 Å². The summed E-state index contributed by atoms with van der Waals surface area (Å²) in [4.78, 5) is 0. The lowest BCUT2D eigenvalue weighted by Crippen LogP contribution is -2.29. The van der Waals surface area contributed by atoms with E-state index in [0.29, 0.717) is 0 Å². The minimum Gasteiger partial charge on any atom is -0.271 e. The second-order valence-corrected chi connectivity index (χ2v) is 5.93. The molecule has 1 unspecified atom stereocenters. The van der Waals surface area contributed by atoms with Crippen LogP contribution in [0.1, 0.15) is 28.3 Å². The third kappa shape index (κ3) is 3.18. The molecule has 0 heterocycles. The Morgan fingerprint density at radius 2 is 1.79 bits per heavy atom. The van der Waals surface area contributed by atoms with Gasteiger partial charge in [-0.1, -0.05) is 45.7 Å². The average Bonchev–Trinajstić information content (AvgIpc) is 2.38. The van der Waals surface area contributed by atoms with Crippen LogP contribution in [0, 0.1) is 13.8 Å². The molecule has 100 valence electrons. The van der Waals surface area contributed by atoms with E-state index in [2.05, 4.69) is 40.4 Å². The molecule has 0 saturated heterocycles. The Morgan fingerprint density at radius 3 is 2.42 bits per heavy atom. The van der Waals surface area contributed by atoms with E-state index < -0.39 is 0 Å². The standard InChI is InChI=1S/C15H16BrClN2/c1-9-4-6-12(16)8-13(9)15(19-18)11-5-3-10(2)14(17)7-11/h3-8,15,19H,18H2,1-2H3. The zero-order valence-electron chi connectivity index (χ0n) is 10.9. The van der Waals surface area contributed by atoms with E-state index >= 15 is 0 Å². The predicted octanol–water partition coefficient (Wildman–Crippen LogP) is 4.27. The van der Waals surface area contributed by atoms with Gasteiger partial charge in [0, 0.05) is 9.50 Å². The minimum atomic E-state index is -0.0735. The summed E-state index contributed by atoms with van der Waals surface area (Å²) in [6, 6.07) is 12.1. The summed E-state index contributed by atoms with van der Waals surface area (Å²) in [5.74, 6) is 5.74. The van der Waals surface area contributed by atoms with Crippen molar-refractivity contribution in [2.75, 3.05) is 0 Å². The number of hydrogen-bond acceptors (Lipinski definition) is 2. The fraction of sp³-hybridized carbons (Fsp3) is 0.200.